The molecule has 102 valence electrons. The molecule has 0 unspecified atom stereocenters. The second kappa shape index (κ2) is 7.09. The molecule has 0 aromatic carbocycles. The van der Waals surface area contributed by atoms with Crippen LogP contribution in [0.15, 0.2) is 29.9 Å². The van der Waals surface area contributed by atoms with Crippen molar-refractivity contribution in [2.75, 3.05) is 23.3 Å². The first-order valence-corrected chi connectivity index (χ1v) is 7.54. The third kappa shape index (κ3) is 3.92. The first-order valence-electron chi connectivity index (χ1n) is 6.66. The van der Waals surface area contributed by atoms with Gasteiger partial charge in [0.25, 0.3) is 0 Å². The predicted octanol–water partition coefficient (Wildman–Crippen LogP) is 3.39. The van der Waals surface area contributed by atoms with Crippen molar-refractivity contribution in [2.45, 2.75) is 26.8 Å². The molecule has 0 radical (unpaired) electrons. The Balaban J connectivity index is 2.09. The zero-order valence-electron chi connectivity index (χ0n) is 11.5. The number of nitrogens with one attached hydrogen (secondary N) is 1. The van der Waals surface area contributed by atoms with E-state index >= 15 is 0 Å². The van der Waals surface area contributed by atoms with Gasteiger partial charge in [-0.05, 0) is 24.8 Å². The molecule has 0 aliphatic carbocycles. The highest BCUT2D eigenvalue weighted by Crippen LogP contribution is 2.18. The van der Waals surface area contributed by atoms with Gasteiger partial charge in [-0.3, -0.25) is 4.98 Å². The largest absolute Gasteiger partial charge is 0.369 e. The summed E-state index contributed by atoms with van der Waals surface area (Å²) in [6.07, 6.45) is 4.69. The van der Waals surface area contributed by atoms with Gasteiger partial charge in [-0.25, -0.2) is 4.98 Å². The van der Waals surface area contributed by atoms with Crippen molar-refractivity contribution in [3.8, 4) is 0 Å². The van der Waals surface area contributed by atoms with Gasteiger partial charge < -0.3 is 10.2 Å². The van der Waals surface area contributed by atoms with Gasteiger partial charge in [0.05, 0.1) is 18.9 Å². The van der Waals surface area contributed by atoms with Crippen LogP contribution in [-0.2, 0) is 6.54 Å². The Morgan fingerprint density at radius 1 is 1.32 bits per heavy atom. The molecule has 1 N–H and O–H groups in total. The second-order valence-corrected chi connectivity index (χ2v) is 5.32. The predicted molar refractivity (Wildman–Crippen MR) is 81.9 cm³/mol. The molecular formula is C14H20N4S. The molecule has 0 saturated heterocycles. The van der Waals surface area contributed by atoms with Crippen molar-refractivity contribution in [1.29, 1.82) is 0 Å². The van der Waals surface area contributed by atoms with E-state index in [1.54, 1.807) is 17.5 Å². The molecule has 5 heteroatoms. The average molecular weight is 276 g/mol. The molecule has 0 saturated carbocycles. The van der Waals surface area contributed by atoms with Crippen molar-refractivity contribution < 1.29 is 0 Å². The van der Waals surface area contributed by atoms with E-state index in [0.717, 1.165) is 37.7 Å². The number of thiophene rings is 1. The maximum Gasteiger partial charge on any atom is 0.149 e. The number of aromatic nitrogens is 2. The monoisotopic (exact) mass is 276 g/mol. The number of hydrogen-bond donors (Lipinski definition) is 1. The Labute approximate surface area is 118 Å². The number of hydrogen-bond acceptors (Lipinski definition) is 5. The zero-order valence-corrected chi connectivity index (χ0v) is 12.3. The van der Waals surface area contributed by atoms with Gasteiger partial charge in [-0.1, -0.05) is 13.0 Å². The molecule has 0 fully saturated rings. The second-order valence-electron chi connectivity index (χ2n) is 4.28. The SMILES string of the molecule is CCCNc1cncc(N(CC)Cc2cccs2)n1. The summed E-state index contributed by atoms with van der Waals surface area (Å²) in [5.74, 6) is 1.78. The molecule has 0 bridgehead atoms. The van der Waals surface area contributed by atoms with E-state index in [9.17, 15) is 0 Å². The molecule has 2 heterocycles. The first kappa shape index (κ1) is 13.8. The highest BCUT2D eigenvalue weighted by atomic mass is 32.1. The van der Waals surface area contributed by atoms with Crippen LogP contribution < -0.4 is 10.2 Å². The van der Waals surface area contributed by atoms with Gasteiger partial charge in [-0.15, -0.1) is 11.3 Å². The molecule has 0 spiro atoms. The van der Waals surface area contributed by atoms with E-state index in [4.69, 9.17) is 0 Å². The molecule has 0 aliphatic rings. The van der Waals surface area contributed by atoms with Crippen LogP contribution in [0.4, 0.5) is 11.6 Å². The number of anilines is 2. The van der Waals surface area contributed by atoms with Crippen LogP contribution in [0.3, 0.4) is 0 Å². The summed E-state index contributed by atoms with van der Waals surface area (Å²) < 4.78 is 0. The minimum absolute atomic E-state index is 0.851. The summed E-state index contributed by atoms with van der Waals surface area (Å²) in [4.78, 5) is 12.5. The lowest BCUT2D eigenvalue weighted by Gasteiger charge is -2.21. The summed E-state index contributed by atoms with van der Waals surface area (Å²) in [6.45, 7) is 7.01. The van der Waals surface area contributed by atoms with Crippen LogP contribution in [-0.4, -0.2) is 23.1 Å². The molecule has 4 nitrogen and oxygen atoms in total. The Morgan fingerprint density at radius 2 is 2.21 bits per heavy atom. The Bertz CT molecular complexity index is 484. The van der Waals surface area contributed by atoms with Gasteiger partial charge in [0, 0.05) is 18.0 Å². The van der Waals surface area contributed by atoms with Gasteiger partial charge >= 0.3 is 0 Å². The first-order chi connectivity index (χ1) is 9.33. The van der Waals surface area contributed by atoms with Crippen molar-refractivity contribution >= 4 is 23.0 Å². The molecule has 19 heavy (non-hydrogen) atoms. The lowest BCUT2D eigenvalue weighted by molar-refractivity contribution is 0.817. The summed E-state index contributed by atoms with van der Waals surface area (Å²) in [5.41, 5.74) is 0. The standard InChI is InChI=1S/C14H20N4S/c1-3-7-16-13-9-15-10-14(17-13)18(4-2)11-12-6-5-8-19-12/h5-6,8-10H,3-4,7,11H2,1-2H3,(H,16,17). The van der Waals surface area contributed by atoms with E-state index < -0.39 is 0 Å². The Kier molecular flexibility index (Phi) is 5.15. The lowest BCUT2D eigenvalue weighted by atomic mass is 10.4. The number of rotatable bonds is 7. The van der Waals surface area contributed by atoms with E-state index in [-0.39, 0.29) is 0 Å². The third-order valence-electron chi connectivity index (χ3n) is 2.81. The van der Waals surface area contributed by atoms with E-state index in [2.05, 4.69) is 51.5 Å². The van der Waals surface area contributed by atoms with Gasteiger partial charge in [0.2, 0.25) is 0 Å². The normalized spacial score (nSPS) is 10.4. The van der Waals surface area contributed by atoms with Crippen LogP contribution in [0.1, 0.15) is 25.1 Å². The third-order valence-corrected chi connectivity index (χ3v) is 3.67. The van der Waals surface area contributed by atoms with E-state index in [0.29, 0.717) is 0 Å². The molecule has 2 aromatic heterocycles. The van der Waals surface area contributed by atoms with Crippen LogP contribution >= 0.6 is 11.3 Å². The molecule has 2 rings (SSSR count). The smallest absolute Gasteiger partial charge is 0.149 e. The van der Waals surface area contributed by atoms with E-state index in [1.807, 2.05) is 6.20 Å². The maximum absolute atomic E-state index is 4.62. The minimum Gasteiger partial charge on any atom is -0.369 e. The molecule has 0 atom stereocenters. The van der Waals surface area contributed by atoms with Crippen LogP contribution in [0.2, 0.25) is 0 Å². The van der Waals surface area contributed by atoms with Crippen molar-refractivity contribution in [2.24, 2.45) is 0 Å². The average Bonchev–Trinajstić information content (AvgIpc) is 2.96. The van der Waals surface area contributed by atoms with Crippen LogP contribution in [0.25, 0.3) is 0 Å². The highest BCUT2D eigenvalue weighted by molar-refractivity contribution is 7.09. The fourth-order valence-corrected chi connectivity index (χ4v) is 2.51. The quantitative estimate of drug-likeness (QED) is 0.841. The summed E-state index contributed by atoms with van der Waals surface area (Å²) >= 11 is 1.77. The lowest BCUT2D eigenvalue weighted by Crippen LogP contribution is -2.23. The van der Waals surface area contributed by atoms with Gasteiger partial charge in [-0.2, -0.15) is 0 Å². The highest BCUT2D eigenvalue weighted by Gasteiger charge is 2.08. The van der Waals surface area contributed by atoms with Crippen molar-refractivity contribution in [1.82, 2.24) is 9.97 Å². The van der Waals surface area contributed by atoms with Crippen LogP contribution in [0.5, 0.6) is 0 Å². The molecule has 0 amide bonds. The molecule has 2 aromatic rings. The van der Waals surface area contributed by atoms with Gasteiger partial charge in [0.15, 0.2) is 0 Å². The van der Waals surface area contributed by atoms with Crippen LogP contribution in [0, 0.1) is 0 Å². The Morgan fingerprint density at radius 3 is 2.89 bits per heavy atom. The minimum atomic E-state index is 0.851. The summed E-state index contributed by atoms with van der Waals surface area (Å²) in [5, 5.41) is 5.38. The topological polar surface area (TPSA) is 41.1 Å². The van der Waals surface area contributed by atoms with Crippen molar-refractivity contribution in [3.63, 3.8) is 0 Å². The fraction of sp³-hybridized carbons (Fsp3) is 0.429. The number of nitrogens with zero attached hydrogens (tertiary/aromatic N) is 3. The fourth-order valence-electron chi connectivity index (χ4n) is 1.79. The Hall–Kier alpha value is -1.62. The van der Waals surface area contributed by atoms with E-state index in [1.165, 1.54) is 4.88 Å². The summed E-state index contributed by atoms with van der Waals surface area (Å²) in [7, 11) is 0. The maximum atomic E-state index is 4.62. The zero-order chi connectivity index (χ0) is 13.5. The van der Waals surface area contributed by atoms with Crippen molar-refractivity contribution in [3.05, 3.63) is 34.8 Å². The molecular weight excluding hydrogens is 256 g/mol. The van der Waals surface area contributed by atoms with Gasteiger partial charge in [0.1, 0.15) is 11.6 Å². The molecule has 0 aliphatic heterocycles. The summed E-state index contributed by atoms with van der Waals surface area (Å²) in [6, 6.07) is 4.23.